The van der Waals surface area contributed by atoms with E-state index in [2.05, 4.69) is 4.72 Å². The zero-order valence-corrected chi connectivity index (χ0v) is 16.6. The Morgan fingerprint density at radius 1 is 1.30 bits per heavy atom. The van der Waals surface area contributed by atoms with Gasteiger partial charge in [0.25, 0.3) is 10.0 Å². The number of carbonyl (C=O) groups excluding carboxylic acids is 1. The monoisotopic (exact) mass is 413 g/mol. The van der Waals surface area contributed by atoms with E-state index >= 15 is 0 Å². The van der Waals surface area contributed by atoms with Crippen LogP contribution >= 0.6 is 11.3 Å². The summed E-state index contributed by atoms with van der Waals surface area (Å²) in [6.45, 7) is 1.88. The summed E-state index contributed by atoms with van der Waals surface area (Å²) in [5.41, 5.74) is 1.10. The van der Waals surface area contributed by atoms with Crippen LogP contribution in [0.15, 0.2) is 23.1 Å². The van der Waals surface area contributed by atoms with Crippen LogP contribution in [0.5, 0.6) is 5.75 Å². The first-order valence-corrected chi connectivity index (χ1v) is 10.9. The molecule has 1 heterocycles. The van der Waals surface area contributed by atoms with Crippen LogP contribution in [0.25, 0.3) is 0 Å². The first kappa shape index (κ1) is 19.6. The summed E-state index contributed by atoms with van der Waals surface area (Å²) < 4.78 is 52.0. The summed E-state index contributed by atoms with van der Waals surface area (Å²) in [5, 5.41) is 0.201. The summed E-state index contributed by atoms with van der Waals surface area (Å²) in [4.78, 5) is 13.1. The number of esters is 1. The van der Waals surface area contributed by atoms with Gasteiger partial charge in [-0.2, -0.15) is 0 Å². The van der Waals surface area contributed by atoms with E-state index in [1.54, 1.807) is 6.92 Å². The van der Waals surface area contributed by atoms with Crippen molar-refractivity contribution in [1.82, 2.24) is 0 Å². The van der Waals surface area contributed by atoms with Crippen LogP contribution in [0.4, 0.5) is 9.39 Å². The lowest BCUT2D eigenvalue weighted by atomic mass is 9.95. The van der Waals surface area contributed by atoms with Crippen molar-refractivity contribution in [2.24, 2.45) is 0 Å². The number of methoxy groups -OCH3 is 1. The fourth-order valence-corrected chi connectivity index (χ4v) is 5.86. The van der Waals surface area contributed by atoms with Crippen LogP contribution < -0.4 is 9.46 Å². The molecule has 3 rings (SSSR count). The topological polar surface area (TPSA) is 81.7 Å². The Labute approximate surface area is 161 Å². The Morgan fingerprint density at radius 2 is 2.04 bits per heavy atom. The molecule has 0 saturated heterocycles. The highest BCUT2D eigenvalue weighted by Gasteiger charge is 2.30. The fourth-order valence-electron chi connectivity index (χ4n) is 3.09. The molecule has 146 valence electrons. The van der Waals surface area contributed by atoms with Crippen LogP contribution in [-0.2, 0) is 27.6 Å². The molecule has 0 radical (unpaired) electrons. The Kier molecular flexibility index (Phi) is 5.71. The summed E-state index contributed by atoms with van der Waals surface area (Å²) in [7, 11) is -2.86. The van der Waals surface area contributed by atoms with Crippen LogP contribution in [0.3, 0.4) is 0 Å². The standard InChI is InChI=1S/C18H20FNO5S2/c1-3-25-18(21)16-12-6-4-5-7-14(12)26-17(16)20-27(22,23)15-10-11(19)8-9-13(15)24-2/h8-10,20H,3-7H2,1-2H3. The highest BCUT2D eigenvalue weighted by Crippen LogP contribution is 2.40. The molecule has 0 fully saturated rings. The second-order valence-electron chi connectivity index (χ2n) is 6.04. The molecule has 1 aliphatic carbocycles. The number of rotatable bonds is 6. The molecule has 6 nitrogen and oxygen atoms in total. The van der Waals surface area contributed by atoms with Crippen molar-refractivity contribution in [3.8, 4) is 5.75 Å². The van der Waals surface area contributed by atoms with Crippen molar-refractivity contribution in [3.05, 3.63) is 40.0 Å². The molecule has 0 saturated carbocycles. The van der Waals surface area contributed by atoms with Gasteiger partial charge in [0.15, 0.2) is 0 Å². The summed E-state index contributed by atoms with van der Waals surface area (Å²) >= 11 is 1.23. The van der Waals surface area contributed by atoms with Gasteiger partial charge in [0.1, 0.15) is 21.5 Å². The maximum Gasteiger partial charge on any atom is 0.341 e. The van der Waals surface area contributed by atoms with Gasteiger partial charge in [-0.1, -0.05) is 0 Å². The predicted molar refractivity (Wildman–Crippen MR) is 101 cm³/mol. The number of benzene rings is 1. The van der Waals surface area contributed by atoms with E-state index in [4.69, 9.17) is 9.47 Å². The maximum atomic E-state index is 13.6. The quantitative estimate of drug-likeness (QED) is 0.730. The third-order valence-electron chi connectivity index (χ3n) is 4.29. The molecule has 1 aromatic carbocycles. The molecular formula is C18H20FNO5S2. The molecule has 1 N–H and O–H groups in total. The van der Waals surface area contributed by atoms with Gasteiger partial charge in [0, 0.05) is 4.88 Å². The van der Waals surface area contributed by atoms with E-state index in [0.717, 1.165) is 41.8 Å². The summed E-state index contributed by atoms with van der Waals surface area (Å²) in [6.07, 6.45) is 3.40. The van der Waals surface area contributed by atoms with Crippen molar-refractivity contribution < 1.29 is 27.1 Å². The van der Waals surface area contributed by atoms with Crippen molar-refractivity contribution in [2.45, 2.75) is 37.5 Å². The van der Waals surface area contributed by atoms with Crippen molar-refractivity contribution in [1.29, 1.82) is 0 Å². The number of hydrogen-bond acceptors (Lipinski definition) is 6. The van der Waals surface area contributed by atoms with Gasteiger partial charge in [-0.05, 0) is 56.4 Å². The van der Waals surface area contributed by atoms with Gasteiger partial charge >= 0.3 is 5.97 Å². The van der Waals surface area contributed by atoms with Crippen molar-refractivity contribution in [2.75, 3.05) is 18.4 Å². The Bertz CT molecular complexity index is 968. The van der Waals surface area contributed by atoms with Crippen molar-refractivity contribution in [3.63, 3.8) is 0 Å². The number of aryl methyl sites for hydroxylation is 1. The van der Waals surface area contributed by atoms with E-state index in [1.807, 2.05) is 0 Å². The van der Waals surface area contributed by atoms with Crippen LogP contribution in [-0.4, -0.2) is 28.1 Å². The van der Waals surface area contributed by atoms with Crippen LogP contribution in [0, 0.1) is 5.82 Å². The van der Waals surface area contributed by atoms with Crippen LogP contribution in [0.2, 0.25) is 0 Å². The van der Waals surface area contributed by atoms with E-state index in [1.165, 1.54) is 24.5 Å². The largest absolute Gasteiger partial charge is 0.495 e. The van der Waals surface area contributed by atoms with E-state index in [9.17, 15) is 17.6 Å². The lowest BCUT2D eigenvalue weighted by Gasteiger charge is -2.13. The summed E-state index contributed by atoms with van der Waals surface area (Å²) in [6, 6.07) is 3.25. The molecule has 0 spiro atoms. The van der Waals surface area contributed by atoms with Gasteiger partial charge in [-0.25, -0.2) is 17.6 Å². The average Bonchev–Trinajstić information content (AvgIpc) is 2.99. The first-order chi connectivity index (χ1) is 12.9. The SMILES string of the molecule is CCOC(=O)c1c(NS(=O)(=O)c2cc(F)ccc2OC)sc2c1CCCC2. The van der Waals surface area contributed by atoms with Gasteiger partial charge in [0.05, 0.1) is 19.3 Å². The normalized spacial score (nSPS) is 13.7. The Morgan fingerprint density at radius 3 is 2.74 bits per heavy atom. The van der Waals surface area contributed by atoms with Gasteiger partial charge < -0.3 is 9.47 Å². The lowest BCUT2D eigenvalue weighted by molar-refractivity contribution is 0.0526. The summed E-state index contributed by atoms with van der Waals surface area (Å²) in [5.74, 6) is -1.24. The highest BCUT2D eigenvalue weighted by molar-refractivity contribution is 7.93. The Hall–Kier alpha value is -2.13. The minimum Gasteiger partial charge on any atom is -0.495 e. The van der Waals surface area contributed by atoms with Gasteiger partial charge in [-0.3, -0.25) is 4.72 Å². The lowest BCUT2D eigenvalue weighted by Crippen LogP contribution is -2.17. The first-order valence-electron chi connectivity index (χ1n) is 8.55. The number of anilines is 1. The van der Waals surface area contributed by atoms with E-state index in [0.29, 0.717) is 6.42 Å². The second kappa shape index (κ2) is 7.85. The third kappa shape index (κ3) is 3.93. The molecule has 1 aromatic heterocycles. The minimum absolute atomic E-state index is 0.0166. The number of nitrogens with one attached hydrogen (secondary N) is 1. The number of carbonyl (C=O) groups is 1. The molecule has 9 heteroatoms. The second-order valence-corrected chi connectivity index (χ2v) is 8.79. The fraction of sp³-hybridized carbons (Fsp3) is 0.389. The predicted octanol–water partition coefficient (Wildman–Crippen LogP) is 3.75. The van der Waals surface area contributed by atoms with Gasteiger partial charge in [0.2, 0.25) is 0 Å². The number of fused-ring (bicyclic) bond motifs is 1. The number of hydrogen-bond donors (Lipinski definition) is 1. The molecule has 0 aliphatic heterocycles. The maximum absolute atomic E-state index is 13.6. The van der Waals surface area contributed by atoms with Crippen molar-refractivity contribution >= 4 is 32.3 Å². The number of ether oxygens (including phenoxy) is 2. The minimum atomic E-state index is -4.16. The van der Waals surface area contributed by atoms with Gasteiger partial charge in [-0.15, -0.1) is 11.3 Å². The zero-order valence-electron chi connectivity index (χ0n) is 15.0. The zero-order chi connectivity index (χ0) is 19.6. The average molecular weight is 413 g/mol. The molecule has 0 bridgehead atoms. The van der Waals surface area contributed by atoms with Crippen LogP contribution in [0.1, 0.15) is 40.6 Å². The number of halogens is 1. The van der Waals surface area contributed by atoms with E-state index in [-0.39, 0.29) is 27.8 Å². The molecule has 2 aromatic rings. The number of sulfonamides is 1. The Balaban J connectivity index is 2.06. The van der Waals surface area contributed by atoms with E-state index < -0.39 is 21.8 Å². The molecular weight excluding hydrogens is 393 g/mol. The number of thiophene rings is 1. The molecule has 0 unspecified atom stereocenters. The molecule has 0 amide bonds. The smallest absolute Gasteiger partial charge is 0.341 e. The third-order valence-corrected chi connectivity index (χ3v) is 7.00. The molecule has 0 atom stereocenters. The molecule has 1 aliphatic rings. The molecule has 27 heavy (non-hydrogen) atoms. The highest BCUT2D eigenvalue weighted by atomic mass is 32.2.